The summed E-state index contributed by atoms with van der Waals surface area (Å²) in [6.45, 7) is 6.20. The van der Waals surface area contributed by atoms with Gasteiger partial charge in [0.2, 0.25) is 5.95 Å². The number of nitrogens with one attached hydrogen (secondary N) is 1. The molecule has 0 amide bonds. The first-order valence-corrected chi connectivity index (χ1v) is 9.29. The molecule has 1 N–H and O–H groups in total. The van der Waals surface area contributed by atoms with Crippen molar-refractivity contribution in [2.45, 2.75) is 43.7 Å². The van der Waals surface area contributed by atoms with Gasteiger partial charge in [-0.15, -0.1) is 0 Å². The first-order valence-electron chi connectivity index (χ1n) is 9.29. The number of rotatable bonds is 4. The molecule has 3 aliphatic rings. The highest BCUT2D eigenvalue weighted by Gasteiger charge is 2.43. The molecule has 0 aromatic carbocycles. The maximum absolute atomic E-state index is 6.24. The second-order valence-corrected chi connectivity index (χ2v) is 7.47. The van der Waals surface area contributed by atoms with Gasteiger partial charge in [0.1, 0.15) is 0 Å². The lowest BCUT2D eigenvalue weighted by Gasteiger charge is -2.40. The summed E-state index contributed by atoms with van der Waals surface area (Å²) in [6.07, 6.45) is 9.35. The molecule has 4 rings (SSSR count). The minimum atomic E-state index is 0.0681. The highest BCUT2D eigenvalue weighted by atomic mass is 16.5. The molecule has 3 aliphatic heterocycles. The molecule has 1 atom stereocenters. The van der Waals surface area contributed by atoms with Gasteiger partial charge in [0.05, 0.1) is 18.2 Å². The fraction of sp³-hybridized carbons (Fsp3) is 0.778. The van der Waals surface area contributed by atoms with Crippen molar-refractivity contribution in [2.24, 2.45) is 5.92 Å². The SMILES string of the molecule is c1cnc(N[C@H]2COC3(CCN(CC4CCOCC4)CC3)C2)nc1. The minimum absolute atomic E-state index is 0.0681. The first-order chi connectivity index (χ1) is 11.8. The average molecular weight is 332 g/mol. The largest absolute Gasteiger partial charge is 0.381 e. The van der Waals surface area contributed by atoms with Crippen molar-refractivity contribution in [3.05, 3.63) is 18.5 Å². The van der Waals surface area contributed by atoms with E-state index < -0.39 is 0 Å². The van der Waals surface area contributed by atoms with Gasteiger partial charge in [-0.3, -0.25) is 0 Å². The van der Waals surface area contributed by atoms with Crippen molar-refractivity contribution in [2.75, 3.05) is 44.8 Å². The van der Waals surface area contributed by atoms with Crippen LogP contribution in [0.15, 0.2) is 18.5 Å². The summed E-state index contributed by atoms with van der Waals surface area (Å²) in [5, 5.41) is 3.41. The molecular formula is C18H28N4O2. The molecule has 0 saturated carbocycles. The summed E-state index contributed by atoms with van der Waals surface area (Å²) >= 11 is 0. The molecule has 132 valence electrons. The Kier molecular flexibility index (Phi) is 4.96. The first kappa shape index (κ1) is 16.2. The summed E-state index contributed by atoms with van der Waals surface area (Å²) in [5.74, 6) is 1.53. The number of anilines is 1. The van der Waals surface area contributed by atoms with Crippen molar-refractivity contribution in [1.82, 2.24) is 14.9 Å². The molecule has 1 aromatic rings. The maximum Gasteiger partial charge on any atom is 0.222 e. The van der Waals surface area contributed by atoms with Gasteiger partial charge in [0.25, 0.3) is 0 Å². The van der Waals surface area contributed by atoms with E-state index in [4.69, 9.17) is 9.47 Å². The summed E-state index contributed by atoms with van der Waals surface area (Å²) in [6, 6.07) is 2.17. The van der Waals surface area contributed by atoms with E-state index in [1.807, 2.05) is 6.07 Å². The van der Waals surface area contributed by atoms with Gasteiger partial charge in [-0.2, -0.15) is 0 Å². The molecule has 6 nitrogen and oxygen atoms in total. The monoisotopic (exact) mass is 332 g/mol. The smallest absolute Gasteiger partial charge is 0.222 e. The molecular weight excluding hydrogens is 304 g/mol. The van der Waals surface area contributed by atoms with Gasteiger partial charge in [0.15, 0.2) is 0 Å². The van der Waals surface area contributed by atoms with E-state index >= 15 is 0 Å². The molecule has 0 unspecified atom stereocenters. The fourth-order valence-electron chi connectivity index (χ4n) is 4.28. The van der Waals surface area contributed by atoms with Gasteiger partial charge in [-0.25, -0.2) is 9.97 Å². The van der Waals surface area contributed by atoms with Crippen LogP contribution in [-0.4, -0.2) is 66.0 Å². The van der Waals surface area contributed by atoms with Crippen molar-refractivity contribution in [1.29, 1.82) is 0 Å². The van der Waals surface area contributed by atoms with Gasteiger partial charge in [0, 0.05) is 45.2 Å². The lowest BCUT2D eigenvalue weighted by atomic mass is 9.86. The number of nitrogens with zero attached hydrogens (tertiary/aromatic N) is 3. The van der Waals surface area contributed by atoms with E-state index in [0.717, 1.165) is 58.1 Å². The molecule has 3 fully saturated rings. The van der Waals surface area contributed by atoms with Crippen molar-refractivity contribution >= 4 is 5.95 Å². The van der Waals surface area contributed by atoms with Crippen LogP contribution in [-0.2, 0) is 9.47 Å². The number of hydrogen-bond acceptors (Lipinski definition) is 6. The number of piperidine rings is 1. The number of likely N-dealkylation sites (tertiary alicyclic amines) is 1. The predicted octanol–water partition coefficient (Wildman–Crippen LogP) is 1.94. The Morgan fingerprint density at radius 2 is 1.92 bits per heavy atom. The molecule has 1 aromatic heterocycles. The molecule has 24 heavy (non-hydrogen) atoms. The third kappa shape index (κ3) is 3.87. The summed E-state index contributed by atoms with van der Waals surface area (Å²) in [5.41, 5.74) is 0.0681. The third-order valence-electron chi connectivity index (χ3n) is 5.73. The van der Waals surface area contributed by atoms with E-state index in [1.165, 1.54) is 19.4 Å². The van der Waals surface area contributed by atoms with E-state index in [0.29, 0.717) is 12.0 Å². The van der Waals surface area contributed by atoms with Crippen LogP contribution in [0, 0.1) is 5.92 Å². The van der Waals surface area contributed by atoms with Gasteiger partial charge >= 0.3 is 0 Å². The Morgan fingerprint density at radius 3 is 2.67 bits per heavy atom. The summed E-state index contributed by atoms with van der Waals surface area (Å²) in [7, 11) is 0. The zero-order valence-corrected chi connectivity index (χ0v) is 14.3. The van der Waals surface area contributed by atoms with Gasteiger partial charge in [-0.1, -0.05) is 0 Å². The zero-order valence-electron chi connectivity index (χ0n) is 14.3. The van der Waals surface area contributed by atoms with Crippen LogP contribution < -0.4 is 5.32 Å². The lowest BCUT2D eigenvalue weighted by molar-refractivity contribution is -0.0486. The lowest BCUT2D eigenvalue weighted by Crippen LogP contribution is -2.46. The second-order valence-electron chi connectivity index (χ2n) is 7.47. The topological polar surface area (TPSA) is 59.5 Å². The Hall–Kier alpha value is -1.24. The Morgan fingerprint density at radius 1 is 1.17 bits per heavy atom. The zero-order chi connectivity index (χ0) is 16.2. The van der Waals surface area contributed by atoms with Crippen molar-refractivity contribution < 1.29 is 9.47 Å². The summed E-state index contributed by atoms with van der Waals surface area (Å²) < 4.78 is 11.7. The van der Waals surface area contributed by atoms with Crippen LogP contribution in [0.1, 0.15) is 32.1 Å². The van der Waals surface area contributed by atoms with E-state index in [9.17, 15) is 0 Å². The Labute approximate surface area is 143 Å². The molecule has 0 radical (unpaired) electrons. The Bertz CT molecular complexity index is 513. The summed E-state index contributed by atoms with van der Waals surface area (Å²) in [4.78, 5) is 11.1. The van der Waals surface area contributed by atoms with E-state index in [-0.39, 0.29) is 5.60 Å². The highest BCUT2D eigenvalue weighted by Crippen LogP contribution is 2.37. The normalized spacial score (nSPS) is 28.2. The van der Waals surface area contributed by atoms with Gasteiger partial charge < -0.3 is 19.7 Å². The molecule has 1 spiro atoms. The highest BCUT2D eigenvalue weighted by molar-refractivity contribution is 5.25. The standard InChI is InChI=1S/C18H28N4O2/c1-6-19-17(20-7-1)21-16-12-18(24-14-16)4-8-22(9-5-18)13-15-2-10-23-11-3-15/h1,6-7,15-16H,2-5,8-14H2,(H,19,20,21)/t16-/m1/s1. The van der Waals surface area contributed by atoms with E-state index in [1.54, 1.807) is 12.4 Å². The molecule has 0 bridgehead atoms. The molecule has 4 heterocycles. The van der Waals surface area contributed by atoms with Crippen LogP contribution in [0.3, 0.4) is 0 Å². The third-order valence-corrected chi connectivity index (χ3v) is 5.73. The molecule has 6 heteroatoms. The maximum atomic E-state index is 6.24. The predicted molar refractivity (Wildman–Crippen MR) is 92.0 cm³/mol. The average Bonchev–Trinajstić information content (AvgIpc) is 3.01. The van der Waals surface area contributed by atoms with Gasteiger partial charge in [-0.05, 0) is 44.1 Å². The van der Waals surface area contributed by atoms with Crippen LogP contribution in [0.2, 0.25) is 0 Å². The Balaban J connectivity index is 1.25. The second kappa shape index (κ2) is 7.33. The number of ether oxygens (including phenoxy) is 2. The van der Waals surface area contributed by atoms with E-state index in [2.05, 4.69) is 20.2 Å². The molecule has 3 saturated heterocycles. The fourth-order valence-corrected chi connectivity index (χ4v) is 4.28. The minimum Gasteiger partial charge on any atom is -0.381 e. The molecule has 0 aliphatic carbocycles. The van der Waals surface area contributed by atoms with Crippen LogP contribution in [0.5, 0.6) is 0 Å². The van der Waals surface area contributed by atoms with Crippen LogP contribution in [0.4, 0.5) is 5.95 Å². The van der Waals surface area contributed by atoms with Crippen LogP contribution >= 0.6 is 0 Å². The van der Waals surface area contributed by atoms with Crippen LogP contribution in [0.25, 0.3) is 0 Å². The van der Waals surface area contributed by atoms with Crippen molar-refractivity contribution in [3.63, 3.8) is 0 Å². The quantitative estimate of drug-likeness (QED) is 0.909. The number of hydrogen-bond donors (Lipinski definition) is 1. The number of aromatic nitrogens is 2. The van der Waals surface area contributed by atoms with Crippen molar-refractivity contribution in [3.8, 4) is 0 Å².